The van der Waals surface area contributed by atoms with Crippen LogP contribution in [0.1, 0.15) is 36.2 Å². The molecule has 5 rings (SSSR count). The van der Waals surface area contributed by atoms with Gasteiger partial charge >= 0.3 is 0 Å². The first kappa shape index (κ1) is 34.4. The molecule has 11 heteroatoms. The third kappa shape index (κ3) is 9.13. The first-order chi connectivity index (χ1) is 23.3. The van der Waals surface area contributed by atoms with Crippen molar-refractivity contribution in [3.8, 4) is 17.0 Å². The molecule has 0 spiro atoms. The van der Waals surface area contributed by atoms with Crippen LogP contribution in [0.15, 0.2) is 119 Å². The zero-order chi connectivity index (χ0) is 33.9. The Balaban J connectivity index is 1.30. The Labute approximate surface area is 292 Å². The van der Waals surface area contributed by atoms with Crippen molar-refractivity contribution in [1.82, 2.24) is 10.3 Å². The number of nitrogens with one attached hydrogen (secondary N) is 3. The molecule has 8 nitrogen and oxygen atoms in total. The highest BCUT2D eigenvalue weighted by molar-refractivity contribution is 8.00. The molecule has 0 saturated carbocycles. The summed E-state index contributed by atoms with van der Waals surface area (Å²) in [6.07, 6.45) is 2.15. The molecule has 0 saturated heterocycles. The highest BCUT2D eigenvalue weighted by Gasteiger charge is 2.21. The molecule has 1 aromatic heterocycles. The van der Waals surface area contributed by atoms with E-state index in [-0.39, 0.29) is 11.6 Å². The molecule has 1 heterocycles. The summed E-state index contributed by atoms with van der Waals surface area (Å²) in [5, 5.41) is 11.1. The highest BCUT2D eigenvalue weighted by atomic mass is 35.5. The van der Waals surface area contributed by atoms with Crippen molar-refractivity contribution in [1.29, 1.82) is 0 Å². The van der Waals surface area contributed by atoms with Gasteiger partial charge in [0.05, 0.1) is 17.6 Å². The summed E-state index contributed by atoms with van der Waals surface area (Å²) in [5.41, 5.74) is 3.08. The van der Waals surface area contributed by atoms with Crippen LogP contribution in [0.4, 0.5) is 10.8 Å². The van der Waals surface area contributed by atoms with Crippen molar-refractivity contribution < 1.29 is 19.1 Å². The van der Waals surface area contributed by atoms with Gasteiger partial charge in [-0.15, -0.1) is 23.1 Å². The van der Waals surface area contributed by atoms with Crippen molar-refractivity contribution in [2.45, 2.75) is 30.4 Å². The largest absolute Gasteiger partial charge is 0.493 e. The molecular formula is C37H33ClN4O4S2. The van der Waals surface area contributed by atoms with Gasteiger partial charge in [-0.25, -0.2) is 4.98 Å². The molecule has 1 atom stereocenters. The number of nitrogens with zero attached hydrogens (tertiary/aromatic N) is 1. The predicted molar refractivity (Wildman–Crippen MR) is 196 cm³/mol. The van der Waals surface area contributed by atoms with Gasteiger partial charge in [0.25, 0.3) is 11.8 Å². The number of halogens is 1. The van der Waals surface area contributed by atoms with Gasteiger partial charge in [-0.3, -0.25) is 14.4 Å². The summed E-state index contributed by atoms with van der Waals surface area (Å²) >= 11 is 9.03. The van der Waals surface area contributed by atoms with Crippen molar-refractivity contribution in [2.75, 3.05) is 17.2 Å². The molecule has 5 aromatic rings. The SMILES string of the molecule is CCOc1ccccc1/C=C(/NC(=O)c1ccccc1)C(=O)Nc1cccc(SC(CC)C(=O)Nc2nc(-c3ccccc3Cl)cs2)c1. The standard InChI is InChI=1S/C37H33ClN4O4S2/c1-3-33(36(45)42-37-41-31(23-47-37)28-18-9-10-19-29(28)38)48-27-17-12-16-26(22-27)39-35(44)30(40-34(43)24-13-6-5-7-14-24)21-25-15-8-11-20-32(25)46-4-2/h5-23,33H,3-4H2,1-2H3,(H,39,44)(H,40,43)(H,41,42,45)/b30-21+. The number of ether oxygens (including phenoxy) is 1. The normalized spacial score (nSPS) is 11.8. The third-order valence-electron chi connectivity index (χ3n) is 6.97. The first-order valence-electron chi connectivity index (χ1n) is 15.2. The number of carbonyl (C=O) groups excluding carboxylic acids is 3. The fourth-order valence-electron chi connectivity index (χ4n) is 4.63. The minimum atomic E-state index is -0.518. The van der Waals surface area contributed by atoms with E-state index < -0.39 is 17.1 Å². The maximum atomic E-state index is 13.7. The summed E-state index contributed by atoms with van der Waals surface area (Å²) in [4.78, 5) is 45.4. The van der Waals surface area contributed by atoms with Crippen LogP contribution >= 0.6 is 34.7 Å². The van der Waals surface area contributed by atoms with Gasteiger partial charge in [-0.1, -0.05) is 79.2 Å². The van der Waals surface area contributed by atoms with E-state index in [0.29, 0.717) is 51.4 Å². The topological polar surface area (TPSA) is 109 Å². The molecule has 0 aliphatic carbocycles. The lowest BCUT2D eigenvalue weighted by atomic mass is 10.1. The number of carbonyl (C=O) groups is 3. The summed E-state index contributed by atoms with van der Waals surface area (Å²) in [6, 6.07) is 30.6. The number of amides is 3. The van der Waals surface area contributed by atoms with Crippen molar-refractivity contribution in [3.63, 3.8) is 0 Å². The number of thioether (sulfide) groups is 1. The number of hydrogen-bond donors (Lipinski definition) is 3. The van der Waals surface area contributed by atoms with Crippen LogP contribution in [0.25, 0.3) is 17.3 Å². The van der Waals surface area contributed by atoms with Crippen LogP contribution in [0.5, 0.6) is 5.75 Å². The minimum Gasteiger partial charge on any atom is -0.493 e. The minimum absolute atomic E-state index is 0.0412. The van der Waals surface area contributed by atoms with Gasteiger partial charge in [0, 0.05) is 37.7 Å². The van der Waals surface area contributed by atoms with Gasteiger partial charge in [0.1, 0.15) is 11.4 Å². The van der Waals surface area contributed by atoms with E-state index in [0.717, 1.165) is 10.5 Å². The van der Waals surface area contributed by atoms with Gasteiger partial charge in [-0.05, 0) is 61.9 Å². The van der Waals surface area contributed by atoms with Crippen LogP contribution < -0.4 is 20.7 Å². The average Bonchev–Trinajstić information content (AvgIpc) is 3.56. The van der Waals surface area contributed by atoms with E-state index in [1.165, 1.54) is 23.1 Å². The molecule has 0 bridgehead atoms. The number of aromatic nitrogens is 1. The highest BCUT2D eigenvalue weighted by Crippen LogP contribution is 2.32. The fraction of sp³-hybridized carbons (Fsp3) is 0.135. The van der Waals surface area contributed by atoms with Crippen LogP contribution in [0.2, 0.25) is 5.02 Å². The molecule has 244 valence electrons. The van der Waals surface area contributed by atoms with E-state index in [9.17, 15) is 14.4 Å². The Morgan fingerprint density at radius 2 is 1.67 bits per heavy atom. The quantitative estimate of drug-likeness (QED) is 0.0839. The van der Waals surface area contributed by atoms with Gasteiger partial charge < -0.3 is 20.7 Å². The molecule has 0 radical (unpaired) electrons. The Morgan fingerprint density at radius 3 is 2.44 bits per heavy atom. The first-order valence-corrected chi connectivity index (χ1v) is 17.4. The molecule has 4 aromatic carbocycles. The number of rotatable bonds is 13. The van der Waals surface area contributed by atoms with E-state index in [1.54, 1.807) is 60.7 Å². The van der Waals surface area contributed by atoms with Crippen molar-refractivity contribution >= 4 is 69.3 Å². The van der Waals surface area contributed by atoms with Gasteiger partial charge in [0.15, 0.2) is 5.13 Å². The molecule has 1 unspecified atom stereocenters. The van der Waals surface area contributed by atoms with Crippen LogP contribution in [0, 0.1) is 0 Å². The van der Waals surface area contributed by atoms with E-state index in [2.05, 4.69) is 20.9 Å². The Kier molecular flexibility index (Phi) is 12.0. The predicted octanol–water partition coefficient (Wildman–Crippen LogP) is 8.78. The molecule has 0 fully saturated rings. The molecular weight excluding hydrogens is 664 g/mol. The Morgan fingerprint density at radius 1 is 0.917 bits per heavy atom. The lowest BCUT2D eigenvalue weighted by Crippen LogP contribution is -2.30. The summed E-state index contributed by atoms with van der Waals surface area (Å²) < 4.78 is 5.74. The van der Waals surface area contributed by atoms with E-state index >= 15 is 0 Å². The van der Waals surface area contributed by atoms with E-state index in [4.69, 9.17) is 16.3 Å². The summed E-state index contributed by atoms with van der Waals surface area (Å²) in [7, 11) is 0. The number of thiazole rings is 1. The zero-order valence-corrected chi connectivity index (χ0v) is 28.6. The molecule has 0 aliphatic rings. The second kappa shape index (κ2) is 16.8. The molecule has 3 amide bonds. The van der Waals surface area contributed by atoms with E-state index in [1.807, 2.05) is 67.8 Å². The maximum absolute atomic E-state index is 13.7. The Bertz CT molecular complexity index is 1930. The molecule has 0 aliphatic heterocycles. The lowest BCUT2D eigenvalue weighted by Gasteiger charge is -2.15. The van der Waals surface area contributed by atoms with Crippen LogP contribution in [-0.4, -0.2) is 34.6 Å². The fourth-order valence-corrected chi connectivity index (χ4v) is 6.59. The van der Waals surface area contributed by atoms with Gasteiger partial charge in [0.2, 0.25) is 5.91 Å². The molecule has 48 heavy (non-hydrogen) atoms. The lowest BCUT2D eigenvalue weighted by molar-refractivity contribution is -0.116. The monoisotopic (exact) mass is 696 g/mol. The summed E-state index contributed by atoms with van der Waals surface area (Å²) in [6.45, 7) is 4.25. The van der Waals surface area contributed by atoms with Crippen molar-refractivity contribution in [3.05, 3.63) is 130 Å². The third-order valence-corrected chi connectivity index (χ3v) is 9.41. The number of anilines is 2. The zero-order valence-electron chi connectivity index (χ0n) is 26.2. The van der Waals surface area contributed by atoms with Crippen LogP contribution in [-0.2, 0) is 9.59 Å². The van der Waals surface area contributed by atoms with Crippen LogP contribution in [0.3, 0.4) is 0 Å². The second-order valence-electron chi connectivity index (χ2n) is 10.4. The van der Waals surface area contributed by atoms with Crippen molar-refractivity contribution in [2.24, 2.45) is 0 Å². The average molecular weight is 697 g/mol. The molecule has 3 N–H and O–H groups in total. The number of para-hydroxylation sites is 1. The maximum Gasteiger partial charge on any atom is 0.272 e. The summed E-state index contributed by atoms with van der Waals surface area (Å²) in [5.74, 6) is -0.542. The van der Waals surface area contributed by atoms with Gasteiger partial charge in [-0.2, -0.15) is 0 Å². The second-order valence-corrected chi connectivity index (χ2v) is 12.9. The Hall–Kier alpha value is -4.90. The number of benzene rings is 4. The number of hydrogen-bond acceptors (Lipinski definition) is 7. The smallest absolute Gasteiger partial charge is 0.272 e.